The van der Waals surface area contributed by atoms with Crippen LogP contribution in [0.15, 0.2) is 29.2 Å². The number of amides is 1. The van der Waals surface area contributed by atoms with E-state index in [2.05, 4.69) is 4.74 Å². The van der Waals surface area contributed by atoms with Crippen LogP contribution in [0.3, 0.4) is 0 Å². The molecule has 0 N–H and O–H groups in total. The van der Waals surface area contributed by atoms with Crippen molar-refractivity contribution in [1.82, 2.24) is 4.90 Å². The summed E-state index contributed by atoms with van der Waals surface area (Å²) in [5.74, 6) is -0.791. The van der Waals surface area contributed by atoms with Crippen molar-refractivity contribution in [2.24, 2.45) is 0 Å². The molecule has 0 saturated carbocycles. The van der Waals surface area contributed by atoms with Crippen LogP contribution in [0.2, 0.25) is 0 Å². The number of benzene rings is 1. The second kappa shape index (κ2) is 8.94. The topological polar surface area (TPSA) is 46.6 Å². The Morgan fingerprint density at radius 2 is 2.08 bits per heavy atom. The van der Waals surface area contributed by atoms with Gasteiger partial charge in [-0.25, -0.2) is 4.39 Å². The Hall–Kier alpha value is -1.73. The molecule has 1 heterocycles. The number of ether oxygens (including phenoxy) is 1. The number of rotatable bonds is 7. The lowest BCUT2D eigenvalue weighted by molar-refractivity contribution is -0.140. The predicted molar refractivity (Wildman–Crippen MR) is 96.8 cm³/mol. The number of thioether (sulfide) groups is 1. The van der Waals surface area contributed by atoms with Crippen molar-refractivity contribution in [2.45, 2.75) is 25.7 Å². The highest BCUT2D eigenvalue weighted by Crippen LogP contribution is 2.33. The summed E-state index contributed by atoms with van der Waals surface area (Å²) < 4.78 is 18.8. The number of hydrogen-bond donors (Lipinski definition) is 0. The van der Waals surface area contributed by atoms with Gasteiger partial charge in [0.25, 0.3) is 5.91 Å². The van der Waals surface area contributed by atoms with E-state index in [9.17, 15) is 14.0 Å². The van der Waals surface area contributed by atoms with E-state index in [1.54, 1.807) is 18.2 Å². The summed E-state index contributed by atoms with van der Waals surface area (Å²) in [5, 5.41) is 0. The number of esters is 1. The molecule has 1 aliphatic heterocycles. The molecule has 1 amide bonds. The SMILES string of the molecule is COC(=O)CCCCCN1C(=O)C(=Cc2ccccc2F)SC1=S. The van der Waals surface area contributed by atoms with Gasteiger partial charge in [-0.05, 0) is 25.0 Å². The highest BCUT2D eigenvalue weighted by atomic mass is 32.2. The predicted octanol–water partition coefficient (Wildman–Crippen LogP) is 3.76. The van der Waals surface area contributed by atoms with Crippen molar-refractivity contribution in [1.29, 1.82) is 0 Å². The Morgan fingerprint density at radius 3 is 2.79 bits per heavy atom. The Bertz CT molecular complexity index is 676. The first kappa shape index (κ1) is 18.6. The molecule has 0 unspecified atom stereocenters. The van der Waals surface area contributed by atoms with Gasteiger partial charge in [-0.15, -0.1) is 0 Å². The summed E-state index contributed by atoms with van der Waals surface area (Å²) in [6.07, 6.45) is 4.18. The minimum absolute atomic E-state index is 0.193. The minimum atomic E-state index is -0.370. The molecule has 1 aliphatic rings. The summed E-state index contributed by atoms with van der Waals surface area (Å²) in [4.78, 5) is 25.4. The van der Waals surface area contributed by atoms with Crippen molar-refractivity contribution in [3.63, 3.8) is 0 Å². The second-order valence-electron chi connectivity index (χ2n) is 5.24. The Morgan fingerprint density at radius 1 is 1.33 bits per heavy atom. The van der Waals surface area contributed by atoms with Crippen LogP contribution in [0.25, 0.3) is 6.08 Å². The lowest BCUT2D eigenvalue weighted by Crippen LogP contribution is -2.29. The molecule has 0 bridgehead atoms. The van der Waals surface area contributed by atoms with Crippen molar-refractivity contribution in [3.05, 3.63) is 40.6 Å². The van der Waals surface area contributed by atoms with Gasteiger partial charge in [0, 0.05) is 18.5 Å². The van der Waals surface area contributed by atoms with Crippen LogP contribution >= 0.6 is 24.0 Å². The average molecular weight is 367 g/mol. The molecular formula is C17H18FNO3S2. The van der Waals surface area contributed by atoms with Crippen LogP contribution < -0.4 is 0 Å². The van der Waals surface area contributed by atoms with Crippen LogP contribution in [-0.2, 0) is 14.3 Å². The number of methoxy groups -OCH3 is 1. The molecule has 0 aromatic heterocycles. The molecule has 7 heteroatoms. The number of nitrogens with zero attached hydrogens (tertiary/aromatic N) is 1. The van der Waals surface area contributed by atoms with Crippen molar-refractivity contribution < 1.29 is 18.7 Å². The van der Waals surface area contributed by atoms with Gasteiger partial charge in [0.05, 0.1) is 12.0 Å². The van der Waals surface area contributed by atoms with E-state index in [4.69, 9.17) is 12.2 Å². The van der Waals surface area contributed by atoms with Crippen molar-refractivity contribution in [2.75, 3.05) is 13.7 Å². The van der Waals surface area contributed by atoms with E-state index in [-0.39, 0.29) is 17.7 Å². The Balaban J connectivity index is 1.90. The number of thiocarbonyl (C=S) groups is 1. The van der Waals surface area contributed by atoms with Crippen LogP contribution in [0.5, 0.6) is 0 Å². The van der Waals surface area contributed by atoms with Gasteiger partial charge in [0.15, 0.2) is 0 Å². The molecule has 1 saturated heterocycles. The number of unbranched alkanes of at least 4 members (excludes halogenated alkanes) is 2. The van der Waals surface area contributed by atoms with Crippen molar-refractivity contribution >= 4 is 46.3 Å². The highest BCUT2D eigenvalue weighted by molar-refractivity contribution is 8.26. The monoisotopic (exact) mass is 367 g/mol. The van der Waals surface area contributed by atoms with Gasteiger partial charge in [0.1, 0.15) is 10.1 Å². The van der Waals surface area contributed by atoms with Gasteiger partial charge < -0.3 is 4.74 Å². The molecule has 1 aromatic carbocycles. The standard InChI is InChI=1S/C17H18FNO3S2/c1-22-15(20)9-3-2-6-10-19-16(21)14(24-17(19)23)11-12-7-4-5-8-13(12)18/h4-5,7-8,11H,2-3,6,9-10H2,1H3. The lowest BCUT2D eigenvalue weighted by Gasteiger charge is -2.13. The Labute approximate surface area is 150 Å². The van der Waals surface area contributed by atoms with Crippen LogP contribution in [0.4, 0.5) is 4.39 Å². The van der Waals surface area contributed by atoms with E-state index in [1.807, 2.05) is 0 Å². The van der Waals surface area contributed by atoms with Crippen LogP contribution in [-0.4, -0.2) is 34.8 Å². The molecule has 4 nitrogen and oxygen atoms in total. The zero-order valence-electron chi connectivity index (χ0n) is 13.3. The maximum atomic E-state index is 13.7. The summed E-state index contributed by atoms with van der Waals surface area (Å²) in [5.41, 5.74) is 0.371. The van der Waals surface area contributed by atoms with Crippen LogP contribution in [0.1, 0.15) is 31.2 Å². The smallest absolute Gasteiger partial charge is 0.305 e. The molecule has 0 spiro atoms. The minimum Gasteiger partial charge on any atom is -0.469 e. The quantitative estimate of drug-likeness (QED) is 0.318. The molecule has 2 rings (SSSR count). The van der Waals surface area contributed by atoms with Gasteiger partial charge in [-0.1, -0.05) is 48.6 Å². The molecule has 1 aromatic rings. The van der Waals surface area contributed by atoms with E-state index in [1.165, 1.54) is 35.9 Å². The van der Waals surface area contributed by atoms with E-state index in [0.29, 0.717) is 34.2 Å². The summed E-state index contributed by atoms with van der Waals surface area (Å²) in [6.45, 7) is 0.500. The van der Waals surface area contributed by atoms with E-state index in [0.717, 1.165) is 12.8 Å². The fourth-order valence-corrected chi connectivity index (χ4v) is 3.54. The third kappa shape index (κ3) is 4.88. The fourth-order valence-electron chi connectivity index (χ4n) is 2.24. The normalized spacial score (nSPS) is 16.1. The maximum Gasteiger partial charge on any atom is 0.305 e. The zero-order valence-corrected chi connectivity index (χ0v) is 14.9. The molecule has 24 heavy (non-hydrogen) atoms. The Kier molecular flexibility index (Phi) is 6.93. The number of carbonyl (C=O) groups is 2. The average Bonchev–Trinajstić information content (AvgIpc) is 2.83. The van der Waals surface area contributed by atoms with Gasteiger partial charge >= 0.3 is 5.97 Å². The lowest BCUT2D eigenvalue weighted by atomic mass is 10.2. The first-order valence-electron chi connectivity index (χ1n) is 7.59. The molecule has 0 aliphatic carbocycles. The summed E-state index contributed by atoms with van der Waals surface area (Å²) >= 11 is 6.43. The highest BCUT2D eigenvalue weighted by Gasteiger charge is 2.31. The summed E-state index contributed by atoms with van der Waals surface area (Å²) in [7, 11) is 1.37. The summed E-state index contributed by atoms with van der Waals surface area (Å²) in [6, 6.07) is 6.30. The maximum absolute atomic E-state index is 13.7. The van der Waals surface area contributed by atoms with Gasteiger partial charge in [-0.3, -0.25) is 14.5 Å². The number of hydrogen-bond acceptors (Lipinski definition) is 5. The molecule has 1 fully saturated rings. The molecule has 0 radical (unpaired) electrons. The molecule has 128 valence electrons. The van der Waals surface area contributed by atoms with E-state index >= 15 is 0 Å². The largest absolute Gasteiger partial charge is 0.469 e. The van der Waals surface area contributed by atoms with E-state index < -0.39 is 0 Å². The van der Waals surface area contributed by atoms with Gasteiger partial charge in [-0.2, -0.15) is 0 Å². The third-order valence-electron chi connectivity index (χ3n) is 3.56. The second-order valence-corrected chi connectivity index (χ2v) is 6.92. The molecular weight excluding hydrogens is 349 g/mol. The van der Waals surface area contributed by atoms with Crippen molar-refractivity contribution in [3.8, 4) is 0 Å². The zero-order chi connectivity index (χ0) is 17.5. The first-order chi connectivity index (χ1) is 11.5. The molecule has 0 atom stereocenters. The first-order valence-corrected chi connectivity index (χ1v) is 8.82. The van der Waals surface area contributed by atoms with Gasteiger partial charge in [0.2, 0.25) is 0 Å². The van der Waals surface area contributed by atoms with Crippen LogP contribution in [0, 0.1) is 5.82 Å². The number of carbonyl (C=O) groups excluding carboxylic acids is 2. The fraction of sp³-hybridized carbons (Fsp3) is 0.353. The number of halogens is 1. The third-order valence-corrected chi connectivity index (χ3v) is 4.93.